The van der Waals surface area contributed by atoms with E-state index in [-0.39, 0.29) is 17.0 Å². The van der Waals surface area contributed by atoms with Gasteiger partial charge in [-0.15, -0.1) is 0 Å². The smallest absolute Gasteiger partial charge is 0.421 e. The maximum Gasteiger partial charge on any atom is 0.421 e. The van der Waals surface area contributed by atoms with Crippen LogP contribution in [-0.4, -0.2) is 31.7 Å². The summed E-state index contributed by atoms with van der Waals surface area (Å²) in [5.41, 5.74) is 2.03. The maximum atomic E-state index is 13.2. The predicted octanol–water partition coefficient (Wildman–Crippen LogP) is 5.21. The molecule has 0 radical (unpaired) electrons. The molecule has 1 N–H and O–H groups in total. The predicted molar refractivity (Wildman–Crippen MR) is 128 cm³/mol. The van der Waals surface area contributed by atoms with Crippen LogP contribution in [0.2, 0.25) is 0 Å². The molecule has 5 rings (SSSR count). The average molecular weight is 465 g/mol. The van der Waals surface area contributed by atoms with Gasteiger partial charge < -0.3 is 9.47 Å². The summed E-state index contributed by atoms with van der Waals surface area (Å²) in [5, 5.41) is 2.54. The molecule has 0 saturated carbocycles. The van der Waals surface area contributed by atoms with E-state index in [4.69, 9.17) is 9.47 Å². The Morgan fingerprint density at radius 3 is 2.00 bits per heavy atom. The number of amides is 1. The van der Waals surface area contributed by atoms with E-state index in [1.807, 2.05) is 66.7 Å². The first-order valence-corrected chi connectivity index (χ1v) is 10.7. The van der Waals surface area contributed by atoms with Gasteiger partial charge in [0.1, 0.15) is 18.4 Å². The minimum Gasteiger partial charge on any atom is -0.436 e. The second-order valence-electron chi connectivity index (χ2n) is 7.42. The topological polar surface area (TPSA) is 108 Å². The molecule has 1 amide bonds. The van der Waals surface area contributed by atoms with Crippen LogP contribution < -0.4 is 10.1 Å². The number of carbonyl (C=O) groups is 2. The third-order valence-electron chi connectivity index (χ3n) is 5.13. The molecule has 3 aromatic carbocycles. The Morgan fingerprint density at radius 1 is 0.771 bits per heavy atom. The van der Waals surface area contributed by atoms with Crippen molar-refractivity contribution in [1.82, 2.24) is 19.5 Å². The minimum atomic E-state index is -0.749. The Kier molecular flexibility index (Phi) is 6.12. The molecule has 0 atom stereocenters. The number of nitrogens with zero attached hydrogens (tertiary/aromatic N) is 4. The number of hydrogen-bond donors (Lipinski definition) is 1. The van der Waals surface area contributed by atoms with E-state index >= 15 is 0 Å². The van der Waals surface area contributed by atoms with Crippen molar-refractivity contribution in [3.63, 3.8) is 0 Å². The molecule has 2 aromatic heterocycles. The molecule has 0 unspecified atom stereocenters. The van der Waals surface area contributed by atoms with E-state index < -0.39 is 18.3 Å². The molecule has 0 saturated heterocycles. The van der Waals surface area contributed by atoms with E-state index in [9.17, 15) is 9.59 Å². The van der Waals surface area contributed by atoms with Crippen molar-refractivity contribution in [2.75, 3.05) is 5.32 Å². The summed E-state index contributed by atoms with van der Waals surface area (Å²) < 4.78 is 12.3. The molecule has 0 aliphatic carbocycles. The third-order valence-corrected chi connectivity index (χ3v) is 5.13. The van der Waals surface area contributed by atoms with Gasteiger partial charge in [0.25, 0.3) is 0 Å². The Morgan fingerprint density at radius 2 is 1.37 bits per heavy atom. The lowest BCUT2D eigenvalue weighted by Gasteiger charge is -2.19. The second-order valence-corrected chi connectivity index (χ2v) is 7.42. The summed E-state index contributed by atoms with van der Waals surface area (Å²) in [4.78, 5) is 37.9. The van der Waals surface area contributed by atoms with Gasteiger partial charge in [0, 0.05) is 0 Å². The van der Waals surface area contributed by atoms with E-state index in [1.54, 1.807) is 24.3 Å². The van der Waals surface area contributed by atoms with Gasteiger partial charge in [-0.05, 0) is 23.3 Å². The van der Waals surface area contributed by atoms with Crippen molar-refractivity contribution < 1.29 is 19.1 Å². The maximum absolute atomic E-state index is 13.2. The molecule has 9 heteroatoms. The first-order valence-electron chi connectivity index (χ1n) is 10.7. The van der Waals surface area contributed by atoms with E-state index in [1.165, 1.54) is 17.2 Å². The average Bonchev–Trinajstić information content (AvgIpc) is 3.34. The summed E-state index contributed by atoms with van der Waals surface area (Å²) in [6.07, 6.45) is 0.436. The number of hydrogen-bond acceptors (Lipinski definition) is 7. The minimum absolute atomic E-state index is 0.102. The normalized spacial score (nSPS) is 10.8. The lowest BCUT2D eigenvalue weighted by molar-refractivity contribution is 0.119. The van der Waals surface area contributed by atoms with Gasteiger partial charge in [0.2, 0.25) is 0 Å². The molecular formula is C26H19N5O4. The summed E-state index contributed by atoms with van der Waals surface area (Å²) in [6, 6.07) is 27.5. The molecule has 0 fully saturated rings. The second kappa shape index (κ2) is 9.84. The van der Waals surface area contributed by atoms with Crippen molar-refractivity contribution >= 4 is 29.2 Å². The van der Waals surface area contributed by atoms with Crippen molar-refractivity contribution in [1.29, 1.82) is 0 Å². The number of para-hydroxylation sites is 1. The van der Waals surface area contributed by atoms with Crippen LogP contribution in [0.5, 0.6) is 5.75 Å². The zero-order chi connectivity index (χ0) is 24.0. The molecule has 35 heavy (non-hydrogen) atoms. The summed E-state index contributed by atoms with van der Waals surface area (Å²) >= 11 is 0. The fourth-order valence-electron chi connectivity index (χ4n) is 3.52. The molecule has 172 valence electrons. The number of rotatable bonds is 5. The van der Waals surface area contributed by atoms with E-state index in [0.717, 1.165) is 11.1 Å². The molecule has 0 bridgehead atoms. The van der Waals surface area contributed by atoms with E-state index in [2.05, 4.69) is 20.3 Å². The number of ether oxygens (including phenoxy) is 2. The van der Waals surface area contributed by atoms with E-state index in [0.29, 0.717) is 5.75 Å². The number of fused-ring (bicyclic) bond motifs is 1. The highest BCUT2D eigenvalue weighted by atomic mass is 16.6. The number of anilines is 1. The fourth-order valence-corrected chi connectivity index (χ4v) is 3.52. The van der Waals surface area contributed by atoms with Gasteiger partial charge in [-0.25, -0.2) is 29.1 Å². The van der Waals surface area contributed by atoms with Gasteiger partial charge in [-0.1, -0.05) is 78.9 Å². The van der Waals surface area contributed by atoms with Crippen LogP contribution in [-0.2, 0) is 4.74 Å². The molecule has 9 nitrogen and oxygen atoms in total. The largest absolute Gasteiger partial charge is 0.436 e. The molecule has 0 aliphatic rings. The van der Waals surface area contributed by atoms with Gasteiger partial charge >= 0.3 is 12.2 Å². The van der Waals surface area contributed by atoms with Crippen LogP contribution in [0.3, 0.4) is 0 Å². The quantitative estimate of drug-likeness (QED) is 0.379. The van der Waals surface area contributed by atoms with Crippen LogP contribution in [0.25, 0.3) is 11.2 Å². The SMILES string of the molecule is O=C(Nc1ncnc2c1ncn2C(=O)OC(c1ccccc1)c1ccccc1)Oc1ccccc1. The zero-order valence-electron chi connectivity index (χ0n) is 18.3. The first kappa shape index (κ1) is 21.8. The molecular weight excluding hydrogens is 446 g/mol. The Hall–Kier alpha value is -5.05. The Labute approximate surface area is 200 Å². The van der Waals surface area contributed by atoms with Crippen LogP contribution in [0.1, 0.15) is 17.2 Å². The monoisotopic (exact) mass is 465 g/mol. The number of carbonyl (C=O) groups excluding carboxylic acids is 2. The number of benzene rings is 3. The summed E-state index contributed by atoms with van der Waals surface area (Å²) in [7, 11) is 0. The lowest BCUT2D eigenvalue weighted by Crippen LogP contribution is -2.19. The number of nitrogens with one attached hydrogen (secondary N) is 1. The summed E-state index contributed by atoms with van der Waals surface area (Å²) in [5.74, 6) is 0.474. The third kappa shape index (κ3) is 4.83. The van der Waals surface area contributed by atoms with Crippen LogP contribution in [0.4, 0.5) is 15.4 Å². The summed E-state index contributed by atoms with van der Waals surface area (Å²) in [6.45, 7) is 0. The van der Waals surface area contributed by atoms with Crippen molar-refractivity contribution in [2.45, 2.75) is 6.10 Å². The number of aromatic nitrogens is 4. The molecule has 0 spiro atoms. The van der Waals surface area contributed by atoms with Crippen LogP contribution in [0.15, 0.2) is 104 Å². The van der Waals surface area contributed by atoms with Crippen LogP contribution in [0, 0.1) is 0 Å². The van der Waals surface area contributed by atoms with Gasteiger partial charge in [-0.3, -0.25) is 5.32 Å². The Balaban J connectivity index is 1.40. The van der Waals surface area contributed by atoms with Crippen LogP contribution >= 0.6 is 0 Å². The van der Waals surface area contributed by atoms with Gasteiger partial charge in [0.05, 0.1) is 0 Å². The fraction of sp³-hybridized carbons (Fsp3) is 0.0385. The molecule has 5 aromatic rings. The Bertz CT molecular complexity index is 1420. The highest BCUT2D eigenvalue weighted by molar-refractivity contribution is 5.96. The van der Waals surface area contributed by atoms with Crippen molar-refractivity contribution in [3.8, 4) is 5.75 Å². The highest BCUT2D eigenvalue weighted by Gasteiger charge is 2.23. The van der Waals surface area contributed by atoms with Crippen molar-refractivity contribution in [2.24, 2.45) is 0 Å². The molecule has 2 heterocycles. The first-order chi connectivity index (χ1) is 17.2. The van der Waals surface area contributed by atoms with Crippen molar-refractivity contribution in [3.05, 3.63) is 115 Å². The zero-order valence-corrected chi connectivity index (χ0v) is 18.3. The number of imidazole rings is 1. The van der Waals surface area contributed by atoms with Gasteiger partial charge in [0.15, 0.2) is 23.1 Å². The lowest BCUT2D eigenvalue weighted by atomic mass is 10.0. The van der Waals surface area contributed by atoms with Gasteiger partial charge in [-0.2, -0.15) is 0 Å². The standard InChI is InChI=1S/C26H19N5O4/c32-25(34-20-14-8-3-9-15-20)30-23-21-24(28-16-27-23)31(17-29-21)26(33)35-22(18-10-4-1-5-11-18)19-12-6-2-7-13-19/h1-17,22H,(H,27,28,30,32). The highest BCUT2D eigenvalue weighted by Crippen LogP contribution is 2.27. The molecule has 0 aliphatic heterocycles.